The van der Waals surface area contributed by atoms with Gasteiger partial charge in [-0.15, -0.1) is 0 Å². The van der Waals surface area contributed by atoms with E-state index in [1.807, 2.05) is 18.2 Å². The molecule has 2 amide bonds. The van der Waals surface area contributed by atoms with Crippen LogP contribution in [0.25, 0.3) is 0 Å². The first-order valence-corrected chi connectivity index (χ1v) is 9.95. The second kappa shape index (κ2) is 7.50. The van der Waals surface area contributed by atoms with Gasteiger partial charge in [0.2, 0.25) is 0 Å². The zero-order valence-corrected chi connectivity index (χ0v) is 15.9. The van der Waals surface area contributed by atoms with E-state index in [4.69, 9.17) is 9.47 Å². The van der Waals surface area contributed by atoms with Crippen LogP contribution in [0.4, 0.5) is 4.79 Å². The first-order chi connectivity index (χ1) is 13.1. The van der Waals surface area contributed by atoms with E-state index in [-0.39, 0.29) is 30.0 Å². The summed E-state index contributed by atoms with van der Waals surface area (Å²) in [6.45, 7) is 0.718. The van der Waals surface area contributed by atoms with Crippen molar-refractivity contribution in [3.05, 3.63) is 29.3 Å². The molecule has 1 aromatic carbocycles. The van der Waals surface area contributed by atoms with Gasteiger partial charge in [0.15, 0.2) is 5.78 Å². The lowest BCUT2D eigenvalue weighted by molar-refractivity contribution is 0.0437. The third-order valence-electron chi connectivity index (χ3n) is 6.10. The number of urea groups is 1. The fraction of sp³-hybridized carbons (Fsp3) is 0.619. The van der Waals surface area contributed by atoms with Gasteiger partial charge in [-0.2, -0.15) is 0 Å². The van der Waals surface area contributed by atoms with Crippen molar-refractivity contribution in [2.24, 2.45) is 5.92 Å². The first kappa shape index (κ1) is 18.3. The van der Waals surface area contributed by atoms with E-state index in [0.29, 0.717) is 24.5 Å². The number of benzene rings is 1. The van der Waals surface area contributed by atoms with Gasteiger partial charge in [0.1, 0.15) is 5.75 Å². The van der Waals surface area contributed by atoms with Crippen LogP contribution in [0, 0.1) is 5.92 Å². The number of amides is 2. The Hall–Kier alpha value is -2.08. The van der Waals surface area contributed by atoms with Crippen LogP contribution in [0.1, 0.15) is 54.4 Å². The third kappa shape index (κ3) is 4.26. The standard InChI is InChI=1S/C21H28N2O4/c1-26-16-6-8-21(9-7-16)11-15-4-5-17(27-13-14-2-3-14)10-18(15)19(24)12-22-20(25)23-21/h4-5,10,14,16H,2-3,6-9,11-13H2,1H3,(H2,22,23,25). The topological polar surface area (TPSA) is 76.7 Å². The number of methoxy groups -OCH3 is 1. The lowest BCUT2D eigenvalue weighted by Gasteiger charge is -2.40. The number of carbonyl (C=O) groups is 2. The van der Waals surface area contributed by atoms with Gasteiger partial charge in [0.05, 0.1) is 19.3 Å². The molecule has 6 nitrogen and oxygen atoms in total. The highest BCUT2D eigenvalue weighted by molar-refractivity contribution is 6.01. The Morgan fingerprint density at radius 1 is 1.15 bits per heavy atom. The summed E-state index contributed by atoms with van der Waals surface area (Å²) in [6.07, 6.45) is 6.84. The molecule has 2 fully saturated rings. The molecule has 146 valence electrons. The summed E-state index contributed by atoms with van der Waals surface area (Å²) in [6, 6.07) is 5.54. The normalized spacial score (nSPS) is 28.4. The lowest BCUT2D eigenvalue weighted by atomic mass is 9.75. The van der Waals surface area contributed by atoms with Crippen LogP contribution in [0.15, 0.2) is 18.2 Å². The van der Waals surface area contributed by atoms with E-state index < -0.39 is 0 Å². The molecule has 0 saturated heterocycles. The summed E-state index contributed by atoms with van der Waals surface area (Å²) in [5, 5.41) is 5.87. The van der Waals surface area contributed by atoms with Crippen LogP contribution in [-0.4, -0.2) is 43.7 Å². The van der Waals surface area contributed by atoms with Crippen molar-refractivity contribution in [1.82, 2.24) is 10.6 Å². The fourth-order valence-corrected chi connectivity index (χ4v) is 4.19. The molecule has 3 aliphatic rings. The Labute approximate surface area is 160 Å². The number of hydrogen-bond donors (Lipinski definition) is 2. The van der Waals surface area contributed by atoms with Crippen LogP contribution >= 0.6 is 0 Å². The molecule has 0 bridgehead atoms. The highest BCUT2D eigenvalue weighted by atomic mass is 16.5. The van der Waals surface area contributed by atoms with Crippen molar-refractivity contribution in [2.75, 3.05) is 20.3 Å². The Morgan fingerprint density at radius 3 is 2.63 bits per heavy atom. The van der Waals surface area contributed by atoms with E-state index in [9.17, 15) is 9.59 Å². The zero-order valence-electron chi connectivity index (χ0n) is 15.9. The van der Waals surface area contributed by atoms with Crippen LogP contribution < -0.4 is 15.4 Å². The molecule has 2 N–H and O–H groups in total. The van der Waals surface area contributed by atoms with Crippen LogP contribution in [0.3, 0.4) is 0 Å². The van der Waals surface area contributed by atoms with Crippen molar-refractivity contribution in [3.8, 4) is 5.75 Å². The maximum Gasteiger partial charge on any atom is 0.315 e. The molecule has 1 aliphatic heterocycles. The average Bonchev–Trinajstić information content (AvgIpc) is 3.49. The van der Waals surface area contributed by atoms with Crippen molar-refractivity contribution in [3.63, 3.8) is 0 Å². The summed E-state index contributed by atoms with van der Waals surface area (Å²) in [4.78, 5) is 25.0. The minimum Gasteiger partial charge on any atom is -0.493 e. The second-order valence-electron chi connectivity index (χ2n) is 8.20. The largest absolute Gasteiger partial charge is 0.493 e. The van der Waals surface area contributed by atoms with E-state index in [1.165, 1.54) is 12.8 Å². The van der Waals surface area contributed by atoms with Crippen molar-refractivity contribution in [1.29, 1.82) is 0 Å². The lowest BCUT2D eigenvalue weighted by Crippen LogP contribution is -2.55. The quantitative estimate of drug-likeness (QED) is 0.852. The SMILES string of the molecule is COC1CCC2(CC1)Cc1ccc(OCC3CC3)cc1C(=O)CNC(=O)N2. The van der Waals surface area contributed by atoms with Gasteiger partial charge in [-0.3, -0.25) is 4.79 Å². The first-order valence-electron chi connectivity index (χ1n) is 9.95. The molecule has 2 aliphatic carbocycles. The molecular weight excluding hydrogens is 344 g/mol. The molecular formula is C21H28N2O4. The summed E-state index contributed by atoms with van der Waals surface area (Å²) >= 11 is 0. The number of nitrogens with one attached hydrogen (secondary N) is 2. The van der Waals surface area contributed by atoms with Gasteiger partial charge in [-0.05, 0) is 68.6 Å². The number of carbonyl (C=O) groups excluding carboxylic acids is 2. The Morgan fingerprint density at radius 2 is 1.93 bits per heavy atom. The Bertz CT molecular complexity index is 721. The van der Waals surface area contributed by atoms with E-state index in [1.54, 1.807) is 7.11 Å². The Kier molecular flexibility index (Phi) is 5.08. The van der Waals surface area contributed by atoms with Gasteiger partial charge < -0.3 is 20.1 Å². The molecule has 0 atom stereocenters. The van der Waals surface area contributed by atoms with E-state index in [2.05, 4.69) is 10.6 Å². The predicted molar refractivity (Wildman–Crippen MR) is 101 cm³/mol. The minimum atomic E-state index is -0.338. The molecule has 27 heavy (non-hydrogen) atoms. The van der Waals surface area contributed by atoms with Crippen molar-refractivity contribution in [2.45, 2.75) is 56.6 Å². The van der Waals surface area contributed by atoms with Crippen LogP contribution in [0.5, 0.6) is 5.75 Å². The molecule has 4 rings (SSSR count). The summed E-state index contributed by atoms with van der Waals surface area (Å²) in [7, 11) is 1.74. The number of Topliss-reactive ketones (excluding diaryl/α,β-unsaturated/α-hetero) is 1. The van der Waals surface area contributed by atoms with Gasteiger partial charge in [0.25, 0.3) is 0 Å². The van der Waals surface area contributed by atoms with Crippen molar-refractivity contribution < 1.29 is 19.1 Å². The smallest absolute Gasteiger partial charge is 0.315 e. The number of ether oxygens (including phenoxy) is 2. The summed E-state index contributed by atoms with van der Waals surface area (Å²) < 4.78 is 11.3. The highest BCUT2D eigenvalue weighted by Gasteiger charge is 2.38. The van der Waals surface area contributed by atoms with Gasteiger partial charge >= 0.3 is 6.03 Å². The molecule has 0 unspecified atom stereocenters. The molecule has 1 spiro atoms. The van der Waals surface area contributed by atoms with Crippen LogP contribution in [0.2, 0.25) is 0 Å². The molecule has 1 heterocycles. The number of rotatable bonds is 4. The average molecular weight is 372 g/mol. The molecule has 0 aromatic heterocycles. The number of hydrogen-bond acceptors (Lipinski definition) is 4. The molecule has 2 saturated carbocycles. The number of ketones is 1. The second-order valence-corrected chi connectivity index (χ2v) is 8.20. The fourth-order valence-electron chi connectivity index (χ4n) is 4.19. The van der Waals surface area contributed by atoms with E-state index in [0.717, 1.165) is 37.0 Å². The third-order valence-corrected chi connectivity index (χ3v) is 6.10. The maximum absolute atomic E-state index is 12.7. The molecule has 6 heteroatoms. The summed E-state index contributed by atoms with van der Waals surface area (Å²) in [5.74, 6) is 1.33. The monoisotopic (exact) mass is 372 g/mol. The predicted octanol–water partition coefficient (Wildman–Crippen LogP) is 2.84. The van der Waals surface area contributed by atoms with E-state index >= 15 is 0 Å². The van der Waals surface area contributed by atoms with Crippen LogP contribution in [-0.2, 0) is 11.2 Å². The van der Waals surface area contributed by atoms with Gasteiger partial charge in [-0.25, -0.2) is 4.79 Å². The maximum atomic E-state index is 12.7. The molecule has 1 aromatic rings. The minimum absolute atomic E-state index is 0.00167. The van der Waals surface area contributed by atoms with Crippen molar-refractivity contribution >= 4 is 11.8 Å². The zero-order chi connectivity index (χ0) is 18.9. The van der Waals surface area contributed by atoms with Gasteiger partial charge in [-0.1, -0.05) is 6.07 Å². The molecule has 0 radical (unpaired) electrons. The number of fused-ring (bicyclic) bond motifs is 1. The van der Waals surface area contributed by atoms with Gasteiger partial charge in [0, 0.05) is 18.2 Å². The highest BCUT2D eigenvalue weighted by Crippen LogP contribution is 2.35. The Balaban J connectivity index is 1.59. The summed E-state index contributed by atoms with van der Waals surface area (Å²) in [5.41, 5.74) is 1.31.